The monoisotopic (exact) mass is 454 g/mol. The Balaban J connectivity index is 2.22. The topological polar surface area (TPSA) is 111 Å². The summed E-state index contributed by atoms with van der Waals surface area (Å²) in [5.74, 6) is 3.18. The SMILES string of the molecule is COc1ccc(S)c(-c2cc(F)c(C#Cc3cnc(N)c(C=N)c3)c(F)c2N=O)c1OC. The molecule has 0 saturated heterocycles. The second kappa shape index (κ2) is 9.45. The van der Waals surface area contributed by atoms with E-state index in [0.717, 1.165) is 12.3 Å². The van der Waals surface area contributed by atoms with Crippen LogP contribution < -0.4 is 15.2 Å². The van der Waals surface area contributed by atoms with Crippen molar-refractivity contribution in [2.75, 3.05) is 20.0 Å². The van der Waals surface area contributed by atoms with Gasteiger partial charge >= 0.3 is 0 Å². The molecule has 0 amide bonds. The average Bonchev–Trinajstić information content (AvgIpc) is 2.79. The molecule has 0 fully saturated rings. The first-order valence-corrected chi connectivity index (χ1v) is 9.38. The van der Waals surface area contributed by atoms with E-state index in [9.17, 15) is 9.30 Å². The number of aromatic nitrogens is 1. The molecule has 0 spiro atoms. The van der Waals surface area contributed by atoms with Crippen LogP contribution in [0.1, 0.15) is 16.7 Å². The van der Waals surface area contributed by atoms with Crippen molar-refractivity contribution in [2.24, 2.45) is 5.18 Å². The zero-order valence-corrected chi connectivity index (χ0v) is 17.8. The predicted molar refractivity (Wildman–Crippen MR) is 120 cm³/mol. The van der Waals surface area contributed by atoms with Crippen LogP contribution in [0.5, 0.6) is 11.5 Å². The summed E-state index contributed by atoms with van der Waals surface area (Å²) in [6.07, 6.45) is 2.28. The Labute approximate surface area is 187 Å². The Morgan fingerprint density at radius 1 is 1.22 bits per heavy atom. The molecule has 0 bridgehead atoms. The van der Waals surface area contributed by atoms with Crippen LogP contribution in [0.4, 0.5) is 20.3 Å². The van der Waals surface area contributed by atoms with Gasteiger partial charge in [0.05, 0.1) is 19.8 Å². The lowest BCUT2D eigenvalue weighted by Crippen LogP contribution is -1.99. The van der Waals surface area contributed by atoms with Gasteiger partial charge in [0.1, 0.15) is 11.6 Å². The molecule has 0 aliphatic rings. The zero-order chi connectivity index (χ0) is 23.4. The van der Waals surface area contributed by atoms with Crippen molar-refractivity contribution in [3.63, 3.8) is 0 Å². The number of nitrogens with two attached hydrogens (primary N) is 1. The van der Waals surface area contributed by atoms with Gasteiger partial charge in [0.15, 0.2) is 23.0 Å². The minimum absolute atomic E-state index is 0.120. The van der Waals surface area contributed by atoms with Gasteiger partial charge in [-0.15, -0.1) is 17.5 Å². The van der Waals surface area contributed by atoms with E-state index >= 15 is 4.39 Å². The normalized spacial score (nSPS) is 10.2. The van der Waals surface area contributed by atoms with E-state index in [1.807, 2.05) is 0 Å². The number of rotatable bonds is 5. The Morgan fingerprint density at radius 3 is 2.59 bits per heavy atom. The Hall–Kier alpha value is -3.97. The maximum atomic E-state index is 15.1. The van der Waals surface area contributed by atoms with Gasteiger partial charge in [0.25, 0.3) is 0 Å². The van der Waals surface area contributed by atoms with E-state index in [1.165, 1.54) is 32.5 Å². The molecule has 3 aromatic rings. The van der Waals surface area contributed by atoms with Crippen LogP contribution in [0.25, 0.3) is 11.1 Å². The van der Waals surface area contributed by atoms with Crippen molar-refractivity contribution in [2.45, 2.75) is 4.90 Å². The fraction of sp³-hybridized carbons (Fsp3) is 0.0909. The summed E-state index contributed by atoms with van der Waals surface area (Å²) in [5.41, 5.74) is 4.85. The van der Waals surface area contributed by atoms with Crippen LogP contribution in [0, 0.1) is 33.8 Å². The van der Waals surface area contributed by atoms with Crippen LogP contribution in [0.2, 0.25) is 0 Å². The molecule has 1 aromatic heterocycles. The summed E-state index contributed by atoms with van der Waals surface area (Å²) in [7, 11) is 2.74. The van der Waals surface area contributed by atoms with E-state index in [1.54, 1.807) is 6.07 Å². The third kappa shape index (κ3) is 4.10. The molecule has 3 rings (SSSR count). The summed E-state index contributed by atoms with van der Waals surface area (Å²) in [4.78, 5) is 15.7. The Morgan fingerprint density at radius 2 is 1.97 bits per heavy atom. The number of nitrogen functional groups attached to an aromatic ring is 1. The third-order valence-corrected chi connectivity index (χ3v) is 4.89. The van der Waals surface area contributed by atoms with Crippen molar-refractivity contribution in [3.05, 3.63) is 63.7 Å². The highest BCUT2D eigenvalue weighted by atomic mass is 32.1. The quantitative estimate of drug-likeness (QED) is 0.224. The Bertz CT molecular complexity index is 1300. The molecule has 0 atom stereocenters. The first-order chi connectivity index (χ1) is 15.4. The molecule has 162 valence electrons. The molecule has 10 heteroatoms. The molecule has 0 saturated carbocycles. The number of nitroso groups, excluding NO2 is 1. The van der Waals surface area contributed by atoms with Gasteiger partial charge in [-0.2, -0.15) is 0 Å². The molecule has 3 N–H and O–H groups in total. The molecular formula is C22H16F2N4O3S. The fourth-order valence-corrected chi connectivity index (χ4v) is 3.29. The first kappa shape index (κ1) is 22.7. The summed E-state index contributed by atoms with van der Waals surface area (Å²) < 4.78 is 40.6. The van der Waals surface area contributed by atoms with Crippen LogP contribution in [-0.4, -0.2) is 25.4 Å². The third-order valence-electron chi connectivity index (χ3n) is 4.51. The van der Waals surface area contributed by atoms with Crippen LogP contribution in [-0.2, 0) is 0 Å². The largest absolute Gasteiger partial charge is 0.493 e. The predicted octanol–water partition coefficient (Wildman–Crippen LogP) is 4.71. The van der Waals surface area contributed by atoms with Gasteiger partial charge in [-0.05, 0) is 29.4 Å². The number of pyridine rings is 1. The number of hydrogen-bond donors (Lipinski definition) is 3. The summed E-state index contributed by atoms with van der Waals surface area (Å²) in [6, 6.07) is 5.48. The molecule has 0 aliphatic heterocycles. The number of hydrogen-bond acceptors (Lipinski definition) is 8. The first-order valence-electron chi connectivity index (χ1n) is 8.93. The highest BCUT2D eigenvalue weighted by Crippen LogP contribution is 2.46. The minimum atomic E-state index is -1.24. The molecule has 0 radical (unpaired) electrons. The van der Waals surface area contributed by atoms with Crippen molar-refractivity contribution < 1.29 is 18.3 Å². The maximum Gasteiger partial charge on any atom is 0.171 e. The van der Waals surface area contributed by atoms with E-state index in [0.29, 0.717) is 5.56 Å². The van der Waals surface area contributed by atoms with E-state index < -0.39 is 22.9 Å². The van der Waals surface area contributed by atoms with E-state index in [2.05, 4.69) is 34.6 Å². The van der Waals surface area contributed by atoms with Gasteiger partial charge in [0.2, 0.25) is 0 Å². The molecule has 7 nitrogen and oxygen atoms in total. The molecule has 0 aliphatic carbocycles. The zero-order valence-electron chi connectivity index (χ0n) is 16.9. The lowest BCUT2D eigenvalue weighted by Gasteiger charge is -2.16. The molecule has 0 unspecified atom stereocenters. The summed E-state index contributed by atoms with van der Waals surface area (Å²) in [5, 5.41) is 10.1. The van der Waals surface area contributed by atoms with E-state index in [-0.39, 0.29) is 38.9 Å². The van der Waals surface area contributed by atoms with E-state index in [4.69, 9.17) is 20.6 Å². The number of anilines is 1. The van der Waals surface area contributed by atoms with Gasteiger partial charge in [-0.25, -0.2) is 13.8 Å². The fourth-order valence-electron chi connectivity index (χ4n) is 2.99. The second-order valence-electron chi connectivity index (χ2n) is 6.32. The summed E-state index contributed by atoms with van der Waals surface area (Å²) >= 11 is 4.33. The number of thiol groups is 1. The Kier molecular flexibility index (Phi) is 6.70. The number of nitrogens with zero attached hydrogens (tertiary/aromatic N) is 2. The van der Waals surface area contributed by atoms with Crippen molar-refractivity contribution >= 4 is 30.3 Å². The molecule has 32 heavy (non-hydrogen) atoms. The number of halogens is 2. The van der Waals surface area contributed by atoms with Crippen molar-refractivity contribution in [3.8, 4) is 34.5 Å². The highest BCUT2D eigenvalue weighted by Gasteiger charge is 2.25. The highest BCUT2D eigenvalue weighted by molar-refractivity contribution is 7.80. The minimum Gasteiger partial charge on any atom is -0.493 e. The van der Waals surface area contributed by atoms with Crippen molar-refractivity contribution in [1.29, 1.82) is 5.41 Å². The van der Waals surface area contributed by atoms with Gasteiger partial charge in [-0.3, -0.25) is 0 Å². The average molecular weight is 454 g/mol. The standard InChI is InChI=1S/C22H16F2N4O3S/c1-30-16-5-6-17(32)18(21(16)31-2)14-8-15(23)13(19(24)20(14)28-29)4-3-11-7-12(9-25)22(26)27-10-11/h5-10,25,32H,1-2H3,(H2,26,27). The molecule has 1 heterocycles. The number of benzene rings is 2. The second-order valence-corrected chi connectivity index (χ2v) is 6.80. The number of ether oxygens (including phenoxy) is 2. The lowest BCUT2D eigenvalue weighted by atomic mass is 9.98. The smallest absolute Gasteiger partial charge is 0.171 e. The maximum absolute atomic E-state index is 15.1. The molecular weight excluding hydrogens is 438 g/mol. The summed E-state index contributed by atoms with van der Waals surface area (Å²) in [6.45, 7) is 0. The molecule has 2 aromatic carbocycles. The van der Waals surface area contributed by atoms with Crippen LogP contribution >= 0.6 is 12.6 Å². The number of methoxy groups -OCH3 is 2. The van der Waals surface area contributed by atoms with Gasteiger partial charge < -0.3 is 20.6 Å². The lowest BCUT2D eigenvalue weighted by molar-refractivity contribution is 0.355. The van der Waals surface area contributed by atoms with Gasteiger partial charge in [0, 0.05) is 39.6 Å². The van der Waals surface area contributed by atoms with Crippen LogP contribution in [0.15, 0.2) is 40.5 Å². The van der Waals surface area contributed by atoms with Crippen LogP contribution in [0.3, 0.4) is 0 Å². The number of nitrogens with one attached hydrogen (secondary N) is 1. The van der Waals surface area contributed by atoms with Crippen molar-refractivity contribution in [1.82, 2.24) is 4.98 Å². The van der Waals surface area contributed by atoms with Gasteiger partial charge in [-0.1, -0.05) is 11.8 Å².